The standard InChI is InChI=1S/C19H22N4O3/c1-5-23(19(25)11(2)17-12(3)22-26-13(17)4)10-16-20-15-9-7-6-8-14(15)18(24)21-16/h6-9,11H,5,10H2,1-4H3,(H,20,21,24). The Hall–Kier alpha value is -2.96. The fourth-order valence-electron chi connectivity index (χ4n) is 3.24. The van der Waals surface area contributed by atoms with Crippen LogP contribution in [0.3, 0.4) is 0 Å². The molecule has 0 aliphatic carbocycles. The first-order chi connectivity index (χ1) is 12.4. The van der Waals surface area contributed by atoms with Gasteiger partial charge in [0, 0.05) is 12.1 Å². The van der Waals surface area contributed by atoms with Crippen molar-refractivity contribution >= 4 is 16.8 Å². The van der Waals surface area contributed by atoms with E-state index in [1.165, 1.54) is 0 Å². The maximum Gasteiger partial charge on any atom is 0.258 e. The molecule has 0 saturated carbocycles. The summed E-state index contributed by atoms with van der Waals surface area (Å²) >= 11 is 0. The lowest BCUT2D eigenvalue weighted by molar-refractivity contribution is -0.133. The largest absolute Gasteiger partial charge is 0.361 e. The van der Waals surface area contributed by atoms with Gasteiger partial charge in [0.1, 0.15) is 11.6 Å². The van der Waals surface area contributed by atoms with Crippen molar-refractivity contribution in [1.29, 1.82) is 0 Å². The molecule has 7 heteroatoms. The summed E-state index contributed by atoms with van der Waals surface area (Å²) in [5, 5.41) is 4.47. The predicted molar refractivity (Wildman–Crippen MR) is 97.8 cm³/mol. The molecule has 26 heavy (non-hydrogen) atoms. The first-order valence-corrected chi connectivity index (χ1v) is 8.61. The third-order valence-electron chi connectivity index (χ3n) is 4.59. The van der Waals surface area contributed by atoms with E-state index in [1.54, 1.807) is 30.0 Å². The Morgan fingerprint density at radius 3 is 2.69 bits per heavy atom. The van der Waals surface area contributed by atoms with E-state index in [-0.39, 0.29) is 23.9 Å². The van der Waals surface area contributed by atoms with Gasteiger partial charge in [0.2, 0.25) is 5.91 Å². The minimum absolute atomic E-state index is 0.0577. The van der Waals surface area contributed by atoms with Gasteiger partial charge in [-0.05, 0) is 39.8 Å². The molecule has 2 heterocycles. The number of hydrogen-bond acceptors (Lipinski definition) is 5. The predicted octanol–water partition coefficient (Wildman–Crippen LogP) is 2.68. The van der Waals surface area contributed by atoms with Crippen molar-refractivity contribution in [2.75, 3.05) is 6.54 Å². The van der Waals surface area contributed by atoms with Crippen LogP contribution < -0.4 is 5.56 Å². The van der Waals surface area contributed by atoms with Crippen LogP contribution in [0.25, 0.3) is 10.9 Å². The Morgan fingerprint density at radius 1 is 1.31 bits per heavy atom. The zero-order valence-corrected chi connectivity index (χ0v) is 15.4. The topological polar surface area (TPSA) is 92.1 Å². The van der Waals surface area contributed by atoms with Gasteiger partial charge in [-0.15, -0.1) is 0 Å². The molecule has 0 bridgehead atoms. The van der Waals surface area contributed by atoms with Crippen molar-refractivity contribution in [3.63, 3.8) is 0 Å². The first-order valence-electron chi connectivity index (χ1n) is 8.61. The lowest BCUT2D eigenvalue weighted by Gasteiger charge is -2.24. The molecule has 1 N–H and O–H groups in total. The Bertz CT molecular complexity index is 986. The molecular formula is C19H22N4O3. The smallest absolute Gasteiger partial charge is 0.258 e. The third-order valence-corrected chi connectivity index (χ3v) is 4.59. The molecule has 0 aliphatic heterocycles. The normalized spacial score (nSPS) is 12.3. The lowest BCUT2D eigenvalue weighted by atomic mass is 9.98. The van der Waals surface area contributed by atoms with E-state index in [4.69, 9.17) is 4.52 Å². The highest BCUT2D eigenvalue weighted by atomic mass is 16.5. The number of aromatic amines is 1. The minimum atomic E-state index is -0.381. The number of fused-ring (bicyclic) bond motifs is 1. The van der Waals surface area contributed by atoms with Crippen molar-refractivity contribution in [2.24, 2.45) is 0 Å². The van der Waals surface area contributed by atoms with Crippen molar-refractivity contribution in [3.05, 3.63) is 57.5 Å². The average molecular weight is 354 g/mol. The van der Waals surface area contributed by atoms with Gasteiger partial charge >= 0.3 is 0 Å². The zero-order chi connectivity index (χ0) is 18.8. The molecule has 3 aromatic rings. The van der Waals surface area contributed by atoms with Gasteiger partial charge in [-0.1, -0.05) is 17.3 Å². The minimum Gasteiger partial charge on any atom is -0.361 e. The van der Waals surface area contributed by atoms with Crippen LogP contribution in [0.5, 0.6) is 0 Å². The van der Waals surface area contributed by atoms with E-state index in [9.17, 15) is 9.59 Å². The second kappa shape index (κ2) is 7.11. The molecule has 0 spiro atoms. The van der Waals surface area contributed by atoms with E-state index in [0.717, 1.165) is 11.3 Å². The highest BCUT2D eigenvalue weighted by Crippen LogP contribution is 2.25. The number of hydrogen-bond donors (Lipinski definition) is 1. The lowest BCUT2D eigenvalue weighted by Crippen LogP contribution is -2.35. The van der Waals surface area contributed by atoms with Crippen molar-refractivity contribution in [2.45, 2.75) is 40.2 Å². The summed E-state index contributed by atoms with van der Waals surface area (Å²) in [6.45, 7) is 8.11. The van der Waals surface area contributed by atoms with Crippen molar-refractivity contribution in [1.82, 2.24) is 20.0 Å². The maximum absolute atomic E-state index is 13.0. The van der Waals surface area contributed by atoms with Crippen LogP contribution in [0.2, 0.25) is 0 Å². The molecule has 0 radical (unpaired) electrons. The SMILES string of the molecule is CCN(Cc1nc2ccccc2c(=O)[nH]1)C(=O)C(C)c1c(C)noc1C. The van der Waals surface area contributed by atoms with E-state index in [1.807, 2.05) is 26.8 Å². The van der Waals surface area contributed by atoms with Gasteiger partial charge in [-0.2, -0.15) is 0 Å². The average Bonchev–Trinajstić information content (AvgIpc) is 2.97. The Kier molecular flexibility index (Phi) is 4.88. The molecule has 1 amide bonds. The molecule has 0 saturated heterocycles. The third kappa shape index (κ3) is 3.24. The molecule has 2 aromatic heterocycles. The van der Waals surface area contributed by atoms with Crippen molar-refractivity contribution < 1.29 is 9.32 Å². The number of carbonyl (C=O) groups excluding carboxylic acids is 1. The van der Waals surface area contributed by atoms with Crippen LogP contribution in [-0.4, -0.2) is 32.5 Å². The second-order valence-electron chi connectivity index (χ2n) is 6.34. The number of H-pyrrole nitrogens is 1. The molecule has 0 aliphatic rings. The number of para-hydroxylation sites is 1. The van der Waals surface area contributed by atoms with E-state index < -0.39 is 0 Å². The first kappa shape index (κ1) is 17.8. The van der Waals surface area contributed by atoms with E-state index >= 15 is 0 Å². The summed E-state index contributed by atoms with van der Waals surface area (Å²) in [5.74, 6) is 0.678. The summed E-state index contributed by atoms with van der Waals surface area (Å²) < 4.78 is 5.18. The Morgan fingerprint density at radius 2 is 2.04 bits per heavy atom. The fourth-order valence-corrected chi connectivity index (χ4v) is 3.24. The molecule has 1 unspecified atom stereocenters. The summed E-state index contributed by atoms with van der Waals surface area (Å²) in [4.78, 5) is 34.1. The van der Waals surface area contributed by atoms with Crippen LogP contribution >= 0.6 is 0 Å². The quantitative estimate of drug-likeness (QED) is 0.760. The summed E-state index contributed by atoms with van der Waals surface area (Å²) in [6, 6.07) is 7.15. The molecule has 0 fully saturated rings. The van der Waals surface area contributed by atoms with Gasteiger partial charge in [0.25, 0.3) is 5.56 Å². The number of rotatable bonds is 5. The number of aromatic nitrogens is 3. The monoisotopic (exact) mass is 354 g/mol. The van der Waals surface area contributed by atoms with Crippen molar-refractivity contribution in [3.8, 4) is 0 Å². The van der Waals surface area contributed by atoms with Crippen LogP contribution in [0, 0.1) is 13.8 Å². The van der Waals surface area contributed by atoms with Gasteiger partial charge in [-0.3, -0.25) is 9.59 Å². The highest BCUT2D eigenvalue weighted by Gasteiger charge is 2.27. The van der Waals surface area contributed by atoms with Crippen LogP contribution in [0.4, 0.5) is 0 Å². The van der Waals surface area contributed by atoms with E-state index in [0.29, 0.717) is 29.0 Å². The molecule has 136 valence electrons. The van der Waals surface area contributed by atoms with Gasteiger partial charge in [0.15, 0.2) is 0 Å². The number of nitrogens with one attached hydrogen (secondary N) is 1. The zero-order valence-electron chi connectivity index (χ0n) is 15.4. The van der Waals surface area contributed by atoms with Gasteiger partial charge in [0.05, 0.1) is 29.1 Å². The van der Waals surface area contributed by atoms with Gasteiger partial charge in [-0.25, -0.2) is 4.98 Å². The maximum atomic E-state index is 13.0. The Labute approximate surface area is 151 Å². The number of likely N-dealkylation sites (N-methyl/N-ethyl adjacent to an activating group) is 1. The van der Waals surface area contributed by atoms with E-state index in [2.05, 4.69) is 15.1 Å². The number of carbonyl (C=O) groups is 1. The fraction of sp³-hybridized carbons (Fsp3) is 0.368. The highest BCUT2D eigenvalue weighted by molar-refractivity contribution is 5.84. The molecule has 3 rings (SSSR count). The van der Waals surface area contributed by atoms with Crippen LogP contribution in [-0.2, 0) is 11.3 Å². The second-order valence-corrected chi connectivity index (χ2v) is 6.34. The summed E-state index contributed by atoms with van der Waals surface area (Å²) in [5.41, 5.74) is 1.95. The van der Waals surface area contributed by atoms with Crippen LogP contribution in [0.1, 0.15) is 42.6 Å². The summed E-state index contributed by atoms with van der Waals surface area (Å²) in [7, 11) is 0. The number of amides is 1. The Balaban J connectivity index is 1.88. The molecule has 1 atom stereocenters. The molecular weight excluding hydrogens is 332 g/mol. The molecule has 1 aromatic carbocycles. The number of benzene rings is 1. The van der Waals surface area contributed by atoms with Gasteiger partial charge < -0.3 is 14.4 Å². The molecule has 7 nitrogen and oxygen atoms in total. The van der Waals surface area contributed by atoms with Crippen LogP contribution in [0.15, 0.2) is 33.6 Å². The number of nitrogens with zero attached hydrogens (tertiary/aromatic N) is 3. The summed E-state index contributed by atoms with van der Waals surface area (Å²) in [6.07, 6.45) is 0. The number of aryl methyl sites for hydroxylation is 2.